The molecule has 1 fully saturated rings. The van der Waals surface area contributed by atoms with Crippen LogP contribution >= 0.6 is 0 Å². The average Bonchev–Trinajstić information content (AvgIpc) is 2.81. The Morgan fingerprint density at radius 2 is 1.70 bits per heavy atom. The quantitative estimate of drug-likeness (QED) is 0.210. The zero-order valence-electron chi connectivity index (χ0n) is 19.4. The van der Waals surface area contributed by atoms with Crippen molar-refractivity contribution in [1.82, 2.24) is 0 Å². The maximum atomic E-state index is 14.6. The van der Waals surface area contributed by atoms with Gasteiger partial charge in [0.05, 0.1) is 11.1 Å². The normalized spacial score (nSPS) is 18.0. The molecule has 0 atom stereocenters. The average molecular weight is 454 g/mol. The van der Waals surface area contributed by atoms with E-state index in [9.17, 15) is 13.6 Å². The number of aryl methyl sites for hydroxylation is 1. The summed E-state index contributed by atoms with van der Waals surface area (Å²) in [6.45, 7) is 2.25. The minimum Gasteiger partial charge on any atom is -0.423 e. The molecule has 176 valence electrons. The molecular formula is C28H33F2NO2. The van der Waals surface area contributed by atoms with Crippen molar-refractivity contribution in [2.45, 2.75) is 77.6 Å². The van der Waals surface area contributed by atoms with E-state index in [4.69, 9.17) is 10.00 Å². The molecule has 1 aliphatic carbocycles. The Morgan fingerprint density at radius 3 is 2.33 bits per heavy atom. The van der Waals surface area contributed by atoms with Gasteiger partial charge in [-0.1, -0.05) is 70.8 Å². The molecule has 0 radical (unpaired) electrons. The lowest BCUT2D eigenvalue weighted by Crippen LogP contribution is -2.15. The number of nitriles is 1. The lowest BCUT2D eigenvalue weighted by atomic mass is 9.77. The van der Waals surface area contributed by atoms with Crippen LogP contribution in [0, 0.1) is 34.8 Å². The van der Waals surface area contributed by atoms with E-state index in [1.54, 1.807) is 12.1 Å². The molecule has 0 unspecified atom stereocenters. The summed E-state index contributed by atoms with van der Waals surface area (Å²) in [4.78, 5) is 12.3. The van der Waals surface area contributed by atoms with Gasteiger partial charge in [-0.05, 0) is 54.5 Å². The summed E-state index contributed by atoms with van der Waals surface area (Å²) in [5, 5.41) is 8.77. The van der Waals surface area contributed by atoms with Crippen LogP contribution in [0.25, 0.3) is 0 Å². The third-order valence-electron chi connectivity index (χ3n) is 6.80. The molecule has 0 amide bonds. The summed E-state index contributed by atoms with van der Waals surface area (Å²) in [5.74, 6) is -0.811. The number of hydrogen-bond acceptors (Lipinski definition) is 3. The highest BCUT2D eigenvalue weighted by atomic mass is 19.1. The van der Waals surface area contributed by atoms with Gasteiger partial charge >= 0.3 is 5.97 Å². The van der Waals surface area contributed by atoms with Crippen LogP contribution < -0.4 is 4.74 Å². The Morgan fingerprint density at radius 1 is 0.970 bits per heavy atom. The summed E-state index contributed by atoms with van der Waals surface area (Å²) >= 11 is 0. The minimum absolute atomic E-state index is 0.0686. The van der Waals surface area contributed by atoms with E-state index in [-0.39, 0.29) is 16.9 Å². The lowest BCUT2D eigenvalue weighted by Gasteiger charge is -2.28. The smallest absolute Gasteiger partial charge is 0.346 e. The van der Waals surface area contributed by atoms with Crippen molar-refractivity contribution in [3.63, 3.8) is 0 Å². The molecule has 2 aromatic carbocycles. The number of halogens is 2. The van der Waals surface area contributed by atoms with Gasteiger partial charge in [0.1, 0.15) is 23.5 Å². The van der Waals surface area contributed by atoms with Crippen molar-refractivity contribution in [2.24, 2.45) is 11.8 Å². The standard InChI is InChI=1S/C28H33F2NO2/c1-2-3-4-5-6-20-7-9-21(10-8-20)11-12-22-13-16-25(27(30)17-22)28(32)33-24-15-14-23(19-31)26(29)18-24/h13-18,20-21H,2-12H2,1H3. The third kappa shape index (κ3) is 7.39. The topological polar surface area (TPSA) is 50.1 Å². The largest absolute Gasteiger partial charge is 0.423 e. The zero-order chi connectivity index (χ0) is 23.6. The van der Waals surface area contributed by atoms with E-state index in [2.05, 4.69) is 6.92 Å². The highest BCUT2D eigenvalue weighted by molar-refractivity contribution is 5.91. The van der Waals surface area contributed by atoms with E-state index < -0.39 is 17.6 Å². The zero-order valence-corrected chi connectivity index (χ0v) is 19.4. The third-order valence-corrected chi connectivity index (χ3v) is 6.80. The molecule has 5 heteroatoms. The van der Waals surface area contributed by atoms with Crippen molar-refractivity contribution in [2.75, 3.05) is 0 Å². The van der Waals surface area contributed by atoms with Gasteiger partial charge in [0.2, 0.25) is 0 Å². The lowest BCUT2D eigenvalue weighted by molar-refractivity contribution is 0.0729. The first-order valence-electron chi connectivity index (χ1n) is 12.2. The van der Waals surface area contributed by atoms with Crippen LogP contribution in [0.1, 0.15) is 92.6 Å². The molecule has 0 aromatic heterocycles. The summed E-state index contributed by atoms with van der Waals surface area (Å²) in [6, 6.07) is 9.77. The highest BCUT2D eigenvalue weighted by Crippen LogP contribution is 2.34. The fourth-order valence-electron chi connectivity index (χ4n) is 4.73. The molecule has 0 spiro atoms. The Labute approximate surface area is 195 Å². The van der Waals surface area contributed by atoms with Crippen LogP contribution in [0.5, 0.6) is 5.75 Å². The van der Waals surface area contributed by atoms with Gasteiger partial charge in [0.25, 0.3) is 0 Å². The maximum absolute atomic E-state index is 14.6. The van der Waals surface area contributed by atoms with E-state index >= 15 is 0 Å². The Balaban J connectivity index is 1.46. The van der Waals surface area contributed by atoms with Gasteiger partial charge in [0.15, 0.2) is 0 Å². The second-order valence-electron chi connectivity index (χ2n) is 9.23. The van der Waals surface area contributed by atoms with Gasteiger partial charge in [-0.2, -0.15) is 5.26 Å². The first-order valence-corrected chi connectivity index (χ1v) is 12.2. The van der Waals surface area contributed by atoms with E-state index in [0.29, 0.717) is 5.92 Å². The molecule has 3 rings (SSSR count). The molecule has 0 bridgehead atoms. The minimum atomic E-state index is -0.889. The highest BCUT2D eigenvalue weighted by Gasteiger charge is 2.21. The first-order chi connectivity index (χ1) is 16.0. The van der Waals surface area contributed by atoms with E-state index in [0.717, 1.165) is 30.4 Å². The number of unbranched alkanes of at least 4 members (excludes halogenated alkanes) is 3. The fourth-order valence-corrected chi connectivity index (χ4v) is 4.73. The van der Waals surface area contributed by atoms with Crippen LogP contribution in [-0.4, -0.2) is 5.97 Å². The van der Waals surface area contributed by atoms with Crippen molar-refractivity contribution in [3.05, 3.63) is 64.7 Å². The monoisotopic (exact) mass is 453 g/mol. The molecule has 33 heavy (non-hydrogen) atoms. The number of esters is 1. The second-order valence-corrected chi connectivity index (χ2v) is 9.23. The number of ether oxygens (including phenoxy) is 1. The Hall–Kier alpha value is -2.74. The Kier molecular flexibility index (Phi) is 9.42. The van der Waals surface area contributed by atoms with Gasteiger partial charge < -0.3 is 4.74 Å². The summed E-state index contributed by atoms with van der Waals surface area (Å²) < 4.78 is 33.3. The number of hydrogen-bond donors (Lipinski definition) is 0. The summed E-state index contributed by atoms with van der Waals surface area (Å²) in [6.07, 6.45) is 13.7. The first kappa shape index (κ1) is 24.9. The van der Waals surface area contributed by atoms with Gasteiger partial charge in [-0.15, -0.1) is 0 Å². The van der Waals surface area contributed by atoms with Crippen LogP contribution in [0.3, 0.4) is 0 Å². The molecule has 0 N–H and O–H groups in total. The van der Waals surface area contributed by atoms with Crippen molar-refractivity contribution >= 4 is 5.97 Å². The molecule has 0 saturated heterocycles. The van der Waals surface area contributed by atoms with Crippen LogP contribution in [-0.2, 0) is 6.42 Å². The molecule has 2 aromatic rings. The number of nitrogens with zero attached hydrogens (tertiary/aromatic N) is 1. The van der Waals surface area contributed by atoms with Crippen LogP contribution in [0.15, 0.2) is 36.4 Å². The molecular weight excluding hydrogens is 420 g/mol. The molecule has 0 heterocycles. The number of carbonyl (C=O) groups is 1. The summed E-state index contributed by atoms with van der Waals surface area (Å²) in [7, 11) is 0. The predicted octanol–water partition coefficient (Wildman–Crippen LogP) is 7.77. The Bertz CT molecular complexity index is 974. The van der Waals surface area contributed by atoms with Crippen LogP contribution in [0.2, 0.25) is 0 Å². The maximum Gasteiger partial charge on any atom is 0.346 e. The second kappa shape index (κ2) is 12.5. The number of rotatable bonds is 10. The fraction of sp³-hybridized carbons (Fsp3) is 0.500. The van der Waals surface area contributed by atoms with Crippen molar-refractivity contribution in [3.8, 4) is 11.8 Å². The molecule has 1 aliphatic rings. The van der Waals surface area contributed by atoms with Gasteiger partial charge in [-0.25, -0.2) is 13.6 Å². The van der Waals surface area contributed by atoms with E-state index in [1.807, 2.05) is 0 Å². The molecule has 1 saturated carbocycles. The van der Waals surface area contributed by atoms with Crippen molar-refractivity contribution < 1.29 is 18.3 Å². The van der Waals surface area contributed by atoms with Crippen LogP contribution in [0.4, 0.5) is 8.78 Å². The van der Waals surface area contributed by atoms with Gasteiger partial charge in [0, 0.05) is 6.07 Å². The predicted molar refractivity (Wildman–Crippen MR) is 125 cm³/mol. The SMILES string of the molecule is CCCCCCC1CCC(CCc2ccc(C(=O)Oc3ccc(C#N)c(F)c3)c(F)c2)CC1. The van der Waals surface area contributed by atoms with E-state index in [1.165, 1.54) is 82.1 Å². The van der Waals surface area contributed by atoms with Crippen molar-refractivity contribution in [1.29, 1.82) is 5.26 Å². The number of benzene rings is 2. The molecule has 0 aliphatic heterocycles. The number of carbonyl (C=O) groups excluding carboxylic acids is 1. The van der Waals surface area contributed by atoms with Gasteiger partial charge in [-0.3, -0.25) is 0 Å². The summed E-state index contributed by atoms with van der Waals surface area (Å²) in [5.41, 5.74) is 0.535. The molecule has 3 nitrogen and oxygen atoms in total.